The number of amides is 3. The van der Waals surface area contributed by atoms with Gasteiger partial charge in [0.1, 0.15) is 5.60 Å². The van der Waals surface area contributed by atoms with Gasteiger partial charge < -0.3 is 25.6 Å². The lowest BCUT2D eigenvalue weighted by Gasteiger charge is -2.41. The van der Waals surface area contributed by atoms with Gasteiger partial charge >= 0.3 is 6.03 Å². The second-order valence-electron chi connectivity index (χ2n) is 6.98. The Kier molecular flexibility index (Phi) is 7.89. The lowest BCUT2D eigenvalue weighted by atomic mass is 9.89. The largest absolute Gasteiger partial charge is 0.368 e. The number of ether oxygens (including phenoxy) is 1. The summed E-state index contributed by atoms with van der Waals surface area (Å²) in [6, 6.07) is 9.25. The van der Waals surface area contributed by atoms with E-state index in [0.717, 1.165) is 31.6 Å². The summed E-state index contributed by atoms with van der Waals surface area (Å²) in [5, 5.41) is 9.11. The maximum Gasteiger partial charge on any atom is 0.319 e. The van der Waals surface area contributed by atoms with Gasteiger partial charge in [-0.1, -0.05) is 18.2 Å². The van der Waals surface area contributed by atoms with Gasteiger partial charge in [-0.3, -0.25) is 4.79 Å². The molecule has 3 amide bonds. The second kappa shape index (κ2) is 9.92. The highest BCUT2D eigenvalue weighted by Crippen LogP contribution is 2.26. The van der Waals surface area contributed by atoms with E-state index >= 15 is 0 Å². The highest BCUT2D eigenvalue weighted by Gasteiger charge is 2.43. The van der Waals surface area contributed by atoms with Gasteiger partial charge in [0, 0.05) is 31.9 Å². The van der Waals surface area contributed by atoms with Crippen molar-refractivity contribution >= 4 is 30.0 Å². The summed E-state index contributed by atoms with van der Waals surface area (Å²) in [5.41, 5.74) is 0.0847. The van der Waals surface area contributed by atoms with Crippen molar-refractivity contribution in [2.45, 2.75) is 37.3 Å². The van der Waals surface area contributed by atoms with E-state index in [0.29, 0.717) is 25.9 Å². The minimum absolute atomic E-state index is 0. The van der Waals surface area contributed by atoms with E-state index in [1.807, 2.05) is 35.2 Å². The molecule has 7 nitrogen and oxygen atoms in total. The fourth-order valence-corrected chi connectivity index (χ4v) is 3.73. The molecular weight excluding hydrogens is 368 g/mol. The molecule has 3 rings (SSSR count). The molecule has 0 aliphatic carbocycles. The topological polar surface area (TPSA) is 82.7 Å². The van der Waals surface area contributed by atoms with Gasteiger partial charge in [0.2, 0.25) is 0 Å². The summed E-state index contributed by atoms with van der Waals surface area (Å²) in [7, 11) is 1.63. The van der Waals surface area contributed by atoms with Gasteiger partial charge in [-0.2, -0.15) is 0 Å². The van der Waals surface area contributed by atoms with E-state index in [1.165, 1.54) is 0 Å². The predicted octanol–water partition coefficient (Wildman–Crippen LogP) is 1.99. The van der Waals surface area contributed by atoms with E-state index in [-0.39, 0.29) is 30.4 Å². The van der Waals surface area contributed by atoms with Crippen molar-refractivity contribution in [3.05, 3.63) is 30.3 Å². The first-order chi connectivity index (χ1) is 12.6. The molecule has 2 aliphatic rings. The highest BCUT2D eigenvalue weighted by atomic mass is 35.5. The quantitative estimate of drug-likeness (QED) is 0.726. The fourth-order valence-electron chi connectivity index (χ4n) is 3.73. The molecule has 0 unspecified atom stereocenters. The number of rotatable bonds is 4. The number of hydrogen-bond acceptors (Lipinski definition) is 4. The molecule has 1 aromatic rings. The maximum atomic E-state index is 12.9. The summed E-state index contributed by atoms with van der Waals surface area (Å²) in [4.78, 5) is 27.0. The lowest BCUT2D eigenvalue weighted by Crippen LogP contribution is -2.58. The average molecular weight is 397 g/mol. The Morgan fingerprint density at radius 3 is 2.37 bits per heavy atom. The molecule has 0 aromatic heterocycles. The van der Waals surface area contributed by atoms with E-state index in [4.69, 9.17) is 4.74 Å². The van der Waals surface area contributed by atoms with Crippen LogP contribution in [0.3, 0.4) is 0 Å². The smallest absolute Gasteiger partial charge is 0.319 e. The van der Waals surface area contributed by atoms with Crippen LogP contribution in [0.5, 0.6) is 0 Å². The number of halogens is 1. The van der Waals surface area contributed by atoms with Crippen LogP contribution in [-0.4, -0.2) is 61.8 Å². The van der Waals surface area contributed by atoms with Crippen molar-refractivity contribution in [1.29, 1.82) is 0 Å². The molecule has 0 saturated carbocycles. The average Bonchev–Trinajstić information content (AvgIpc) is 2.69. The van der Waals surface area contributed by atoms with Gasteiger partial charge in [-0.05, 0) is 50.9 Å². The molecule has 2 fully saturated rings. The number of urea groups is 1. The number of para-hydroxylation sites is 1. The van der Waals surface area contributed by atoms with Crippen LogP contribution in [0.25, 0.3) is 0 Å². The van der Waals surface area contributed by atoms with Crippen LogP contribution < -0.4 is 16.0 Å². The Hall–Kier alpha value is -1.83. The summed E-state index contributed by atoms with van der Waals surface area (Å²) < 4.78 is 5.64. The van der Waals surface area contributed by atoms with E-state index in [9.17, 15) is 9.59 Å². The number of piperidine rings is 2. The lowest BCUT2D eigenvalue weighted by molar-refractivity contribution is -0.159. The Morgan fingerprint density at radius 1 is 1.15 bits per heavy atom. The summed E-state index contributed by atoms with van der Waals surface area (Å²) in [6.45, 7) is 2.90. The Balaban J connectivity index is 0.00000261. The van der Waals surface area contributed by atoms with Crippen LogP contribution in [0.1, 0.15) is 25.7 Å². The standard InChI is InChI=1S/C19H28N4O3.ClH/c1-26-19(9-11-20-12-10-19)17(24)23-13-7-16(8-14-23)22-18(25)21-15-5-3-2-4-6-15;/h2-6,16,20H,7-14H2,1H3,(H2,21,22,25);1H. The second-order valence-corrected chi connectivity index (χ2v) is 6.98. The molecule has 3 N–H and O–H groups in total. The number of likely N-dealkylation sites (tertiary alicyclic amines) is 1. The van der Waals surface area contributed by atoms with Crippen LogP contribution >= 0.6 is 12.4 Å². The number of hydrogen-bond donors (Lipinski definition) is 3. The Bertz CT molecular complexity index is 615. The van der Waals surface area contributed by atoms with Crippen molar-refractivity contribution in [2.24, 2.45) is 0 Å². The minimum Gasteiger partial charge on any atom is -0.368 e. The summed E-state index contributed by atoms with van der Waals surface area (Å²) in [5.74, 6) is 0.0914. The third-order valence-corrected chi connectivity index (χ3v) is 5.34. The van der Waals surface area contributed by atoms with E-state index < -0.39 is 5.60 Å². The van der Waals surface area contributed by atoms with Crippen LogP contribution in [0, 0.1) is 0 Å². The monoisotopic (exact) mass is 396 g/mol. The first-order valence-electron chi connectivity index (χ1n) is 9.31. The maximum absolute atomic E-state index is 12.9. The van der Waals surface area contributed by atoms with Crippen molar-refractivity contribution < 1.29 is 14.3 Å². The highest BCUT2D eigenvalue weighted by molar-refractivity contribution is 5.89. The molecule has 2 saturated heterocycles. The Morgan fingerprint density at radius 2 is 1.78 bits per heavy atom. The van der Waals surface area contributed by atoms with Gasteiger partial charge in [-0.15, -0.1) is 12.4 Å². The number of carbonyl (C=O) groups excluding carboxylic acids is 2. The van der Waals surface area contributed by atoms with E-state index in [2.05, 4.69) is 16.0 Å². The first kappa shape index (κ1) is 21.5. The zero-order valence-electron chi connectivity index (χ0n) is 15.7. The number of nitrogens with one attached hydrogen (secondary N) is 3. The summed E-state index contributed by atoms with van der Waals surface area (Å²) >= 11 is 0. The molecule has 2 heterocycles. The SMILES string of the molecule is COC1(C(=O)N2CCC(NC(=O)Nc3ccccc3)CC2)CCNCC1.Cl. The number of anilines is 1. The van der Waals surface area contributed by atoms with Crippen molar-refractivity contribution in [3.63, 3.8) is 0 Å². The number of benzene rings is 1. The summed E-state index contributed by atoms with van der Waals surface area (Å²) in [6.07, 6.45) is 2.93. The Labute approximate surface area is 166 Å². The van der Waals surface area contributed by atoms with Crippen LogP contribution in [0.2, 0.25) is 0 Å². The molecule has 27 heavy (non-hydrogen) atoms. The molecule has 150 valence electrons. The first-order valence-corrected chi connectivity index (χ1v) is 9.31. The van der Waals surface area contributed by atoms with Crippen LogP contribution in [0.4, 0.5) is 10.5 Å². The molecule has 0 bridgehead atoms. The molecule has 0 radical (unpaired) electrons. The van der Waals surface area contributed by atoms with Crippen LogP contribution in [0.15, 0.2) is 30.3 Å². The molecule has 0 atom stereocenters. The number of methoxy groups -OCH3 is 1. The molecule has 1 aromatic carbocycles. The fraction of sp³-hybridized carbons (Fsp3) is 0.579. The number of carbonyl (C=O) groups is 2. The van der Waals surface area contributed by atoms with Crippen molar-refractivity contribution in [3.8, 4) is 0 Å². The van der Waals surface area contributed by atoms with Crippen molar-refractivity contribution in [1.82, 2.24) is 15.5 Å². The third kappa shape index (κ3) is 5.34. The normalized spacial score (nSPS) is 19.7. The van der Waals surface area contributed by atoms with E-state index in [1.54, 1.807) is 7.11 Å². The van der Waals surface area contributed by atoms with Gasteiger partial charge in [-0.25, -0.2) is 4.79 Å². The molecule has 8 heteroatoms. The third-order valence-electron chi connectivity index (χ3n) is 5.34. The van der Waals surface area contributed by atoms with Gasteiger partial charge in [0.15, 0.2) is 0 Å². The molecule has 2 aliphatic heterocycles. The predicted molar refractivity (Wildman–Crippen MR) is 107 cm³/mol. The zero-order chi connectivity index (χ0) is 18.4. The van der Waals surface area contributed by atoms with Gasteiger partial charge in [0.25, 0.3) is 5.91 Å². The minimum atomic E-state index is -0.684. The van der Waals surface area contributed by atoms with Crippen molar-refractivity contribution in [2.75, 3.05) is 38.6 Å². The zero-order valence-corrected chi connectivity index (χ0v) is 16.5. The van der Waals surface area contributed by atoms with Crippen LogP contribution in [-0.2, 0) is 9.53 Å². The molecular formula is C19H29ClN4O3. The number of nitrogens with zero attached hydrogens (tertiary/aromatic N) is 1. The van der Waals surface area contributed by atoms with Gasteiger partial charge in [0.05, 0.1) is 0 Å². The molecule has 0 spiro atoms.